The van der Waals surface area contributed by atoms with Crippen LogP contribution in [0.1, 0.15) is 31.9 Å². The fourth-order valence-corrected chi connectivity index (χ4v) is 0.888. The van der Waals surface area contributed by atoms with Crippen molar-refractivity contribution in [1.29, 1.82) is 0 Å². The van der Waals surface area contributed by atoms with E-state index in [9.17, 15) is 4.39 Å². The van der Waals surface area contributed by atoms with E-state index in [1.165, 1.54) is 12.3 Å². The molecule has 60 valence electrons. The second-order valence-corrected chi connectivity index (χ2v) is 2.71. The summed E-state index contributed by atoms with van der Waals surface area (Å²) in [5.74, 6) is 0.160. The molecule has 0 aliphatic carbocycles. The molecule has 1 rings (SSSR count). The summed E-state index contributed by atoms with van der Waals surface area (Å²) in [7, 11) is 0. The first-order valence-electron chi connectivity index (χ1n) is 3.85. The molecule has 0 aliphatic heterocycles. The number of nitrogens with zero attached hydrogens (tertiary/aromatic N) is 1. The van der Waals surface area contributed by atoms with Gasteiger partial charge in [-0.05, 0) is 24.5 Å². The van der Waals surface area contributed by atoms with Crippen LogP contribution in [-0.2, 0) is 0 Å². The molecule has 0 fully saturated rings. The third-order valence-corrected chi connectivity index (χ3v) is 1.87. The van der Waals surface area contributed by atoms with Crippen molar-refractivity contribution in [3.8, 4) is 0 Å². The molecule has 11 heavy (non-hydrogen) atoms. The SMILES string of the molecule is CC[C@H](C)c1ccc(F)cn1. The Bertz CT molecular complexity index is 218. The van der Waals surface area contributed by atoms with Crippen LogP contribution < -0.4 is 0 Å². The minimum atomic E-state index is -0.267. The third-order valence-electron chi connectivity index (χ3n) is 1.87. The van der Waals surface area contributed by atoms with E-state index in [0.29, 0.717) is 5.92 Å². The van der Waals surface area contributed by atoms with Crippen molar-refractivity contribution in [2.24, 2.45) is 0 Å². The van der Waals surface area contributed by atoms with Gasteiger partial charge in [0.25, 0.3) is 0 Å². The van der Waals surface area contributed by atoms with Crippen molar-refractivity contribution in [2.45, 2.75) is 26.2 Å². The largest absolute Gasteiger partial charge is 0.258 e. The molecule has 0 radical (unpaired) electrons. The maximum atomic E-state index is 12.4. The van der Waals surface area contributed by atoms with E-state index in [4.69, 9.17) is 0 Å². The predicted octanol–water partition coefficient (Wildman–Crippen LogP) is 2.73. The minimum absolute atomic E-state index is 0.267. The molecule has 0 bridgehead atoms. The fourth-order valence-electron chi connectivity index (χ4n) is 0.888. The van der Waals surface area contributed by atoms with E-state index >= 15 is 0 Å². The van der Waals surface area contributed by atoms with Gasteiger partial charge >= 0.3 is 0 Å². The Balaban J connectivity index is 2.81. The van der Waals surface area contributed by atoms with Crippen LogP contribution in [0.2, 0.25) is 0 Å². The first kappa shape index (κ1) is 8.18. The number of rotatable bonds is 2. The Morgan fingerprint density at radius 3 is 2.73 bits per heavy atom. The van der Waals surface area contributed by atoms with Gasteiger partial charge in [-0.15, -0.1) is 0 Å². The molecule has 0 aromatic carbocycles. The lowest BCUT2D eigenvalue weighted by atomic mass is 10.1. The van der Waals surface area contributed by atoms with Crippen LogP contribution in [0.5, 0.6) is 0 Å². The standard InChI is InChI=1S/C9H12FN/c1-3-7(2)9-5-4-8(10)6-11-9/h4-7H,3H2,1-2H3/t7-/m0/s1. The second-order valence-electron chi connectivity index (χ2n) is 2.71. The number of halogens is 1. The summed E-state index contributed by atoms with van der Waals surface area (Å²) >= 11 is 0. The summed E-state index contributed by atoms with van der Waals surface area (Å²) in [4.78, 5) is 3.97. The van der Waals surface area contributed by atoms with Crippen molar-refractivity contribution in [2.75, 3.05) is 0 Å². The van der Waals surface area contributed by atoms with E-state index in [-0.39, 0.29) is 5.82 Å². The summed E-state index contributed by atoms with van der Waals surface area (Å²) in [5, 5.41) is 0. The Hall–Kier alpha value is -0.920. The quantitative estimate of drug-likeness (QED) is 0.636. The lowest BCUT2D eigenvalue weighted by molar-refractivity contribution is 0.613. The third kappa shape index (κ3) is 2.00. The molecule has 1 atom stereocenters. The summed E-state index contributed by atoms with van der Waals surface area (Å²) < 4.78 is 12.4. The van der Waals surface area contributed by atoms with Crippen LogP contribution >= 0.6 is 0 Å². The molecule has 1 heterocycles. The lowest BCUT2D eigenvalue weighted by Crippen LogP contribution is -1.94. The smallest absolute Gasteiger partial charge is 0.141 e. The van der Waals surface area contributed by atoms with E-state index in [2.05, 4.69) is 18.8 Å². The molecule has 0 saturated heterocycles. The maximum absolute atomic E-state index is 12.4. The first-order chi connectivity index (χ1) is 5.24. The Kier molecular flexibility index (Phi) is 2.58. The molecule has 0 N–H and O–H groups in total. The van der Waals surface area contributed by atoms with Crippen LogP contribution in [0.25, 0.3) is 0 Å². The summed E-state index contributed by atoms with van der Waals surface area (Å²) in [6.07, 6.45) is 2.31. The minimum Gasteiger partial charge on any atom is -0.258 e. The highest BCUT2D eigenvalue weighted by atomic mass is 19.1. The van der Waals surface area contributed by atoms with Crippen LogP contribution in [0.4, 0.5) is 4.39 Å². The normalized spacial score (nSPS) is 13.0. The molecular formula is C9H12FN. The number of pyridine rings is 1. The molecule has 1 nitrogen and oxygen atoms in total. The Morgan fingerprint density at radius 2 is 2.27 bits per heavy atom. The van der Waals surface area contributed by atoms with Gasteiger partial charge in [-0.2, -0.15) is 0 Å². The topological polar surface area (TPSA) is 12.9 Å². The number of hydrogen-bond donors (Lipinski definition) is 0. The van der Waals surface area contributed by atoms with Gasteiger partial charge in [0, 0.05) is 5.69 Å². The Labute approximate surface area is 66.3 Å². The molecule has 0 spiro atoms. The average molecular weight is 153 g/mol. The van der Waals surface area contributed by atoms with E-state index < -0.39 is 0 Å². The predicted molar refractivity (Wildman–Crippen MR) is 42.9 cm³/mol. The summed E-state index contributed by atoms with van der Waals surface area (Å²) in [6, 6.07) is 3.19. The highest BCUT2D eigenvalue weighted by Gasteiger charge is 2.02. The zero-order chi connectivity index (χ0) is 8.27. The zero-order valence-electron chi connectivity index (χ0n) is 6.84. The maximum Gasteiger partial charge on any atom is 0.141 e. The van der Waals surface area contributed by atoms with Crippen LogP contribution in [-0.4, -0.2) is 4.98 Å². The number of aromatic nitrogens is 1. The Morgan fingerprint density at radius 1 is 1.55 bits per heavy atom. The lowest BCUT2D eigenvalue weighted by Gasteiger charge is -2.05. The van der Waals surface area contributed by atoms with Gasteiger partial charge in [-0.3, -0.25) is 4.98 Å². The monoisotopic (exact) mass is 153 g/mol. The van der Waals surface area contributed by atoms with Crippen molar-refractivity contribution in [1.82, 2.24) is 4.98 Å². The highest BCUT2D eigenvalue weighted by Crippen LogP contribution is 2.15. The zero-order valence-corrected chi connectivity index (χ0v) is 6.84. The van der Waals surface area contributed by atoms with E-state index in [1.54, 1.807) is 6.07 Å². The molecular weight excluding hydrogens is 141 g/mol. The molecule has 0 saturated carbocycles. The second kappa shape index (κ2) is 3.46. The first-order valence-corrected chi connectivity index (χ1v) is 3.85. The summed E-state index contributed by atoms with van der Waals surface area (Å²) in [6.45, 7) is 4.18. The van der Waals surface area contributed by atoms with Crippen molar-refractivity contribution in [3.63, 3.8) is 0 Å². The van der Waals surface area contributed by atoms with Gasteiger partial charge in [-0.1, -0.05) is 13.8 Å². The molecule has 1 aromatic heterocycles. The van der Waals surface area contributed by atoms with Gasteiger partial charge in [0.05, 0.1) is 6.20 Å². The van der Waals surface area contributed by atoms with Gasteiger partial charge in [-0.25, -0.2) is 4.39 Å². The van der Waals surface area contributed by atoms with Crippen molar-refractivity contribution in [3.05, 3.63) is 29.8 Å². The van der Waals surface area contributed by atoms with Crippen LogP contribution in [0, 0.1) is 5.82 Å². The van der Waals surface area contributed by atoms with Crippen molar-refractivity contribution >= 4 is 0 Å². The molecule has 2 heteroatoms. The van der Waals surface area contributed by atoms with Crippen LogP contribution in [0.15, 0.2) is 18.3 Å². The van der Waals surface area contributed by atoms with E-state index in [1.807, 2.05) is 0 Å². The van der Waals surface area contributed by atoms with Gasteiger partial charge < -0.3 is 0 Å². The van der Waals surface area contributed by atoms with Crippen LogP contribution in [0.3, 0.4) is 0 Å². The highest BCUT2D eigenvalue weighted by molar-refractivity contribution is 5.09. The molecule has 0 aliphatic rings. The van der Waals surface area contributed by atoms with Gasteiger partial charge in [0.15, 0.2) is 0 Å². The average Bonchev–Trinajstić information content (AvgIpc) is 2.05. The summed E-state index contributed by atoms with van der Waals surface area (Å²) in [5.41, 5.74) is 0.967. The van der Waals surface area contributed by atoms with Gasteiger partial charge in [0.2, 0.25) is 0 Å². The van der Waals surface area contributed by atoms with Crippen molar-refractivity contribution < 1.29 is 4.39 Å². The number of hydrogen-bond acceptors (Lipinski definition) is 1. The van der Waals surface area contributed by atoms with Gasteiger partial charge in [0.1, 0.15) is 5.82 Å². The van der Waals surface area contributed by atoms with E-state index in [0.717, 1.165) is 12.1 Å². The molecule has 0 amide bonds. The molecule has 1 aromatic rings. The fraction of sp³-hybridized carbons (Fsp3) is 0.444. The molecule has 0 unspecified atom stereocenters.